The molecule has 24 heteroatoms. The van der Waals surface area contributed by atoms with Crippen LogP contribution in [-0.2, 0) is 51.2 Å². The summed E-state index contributed by atoms with van der Waals surface area (Å²) in [6, 6.07) is 1.28. The molecule has 0 saturated heterocycles. The SMILES string of the molecule is CC(C)[C@H](NC(=O)[C@H](Cc1ccc(O)cc1)NC(=O)[C@H](CCCN=C(N)N)NC(=O)[C@H](CCC(N)=O)NC(=O)[C@@H](N)CS)C(=O)N[C@@H](Cc1ccc(O)cc1)C(=O)N[C@@H](CO)C(=O)O. The number of nitrogens with zero attached hydrogens (tertiary/aromatic N) is 1. The van der Waals surface area contributed by atoms with Gasteiger partial charge in [-0.25, -0.2) is 4.79 Å². The third-order valence-corrected chi connectivity index (χ3v) is 9.88. The fourth-order valence-electron chi connectivity index (χ4n) is 5.90. The number of carbonyl (C=O) groups is 8. The van der Waals surface area contributed by atoms with E-state index in [9.17, 15) is 58.8 Å². The lowest BCUT2D eigenvalue weighted by Gasteiger charge is -2.29. The quantitative estimate of drug-likeness (QED) is 0.0176. The van der Waals surface area contributed by atoms with Crippen molar-refractivity contribution in [3.05, 3.63) is 59.7 Å². The number of hydrogen-bond donors (Lipinski definition) is 15. The van der Waals surface area contributed by atoms with Gasteiger partial charge in [0.25, 0.3) is 0 Å². The van der Waals surface area contributed by atoms with E-state index in [0.717, 1.165) is 0 Å². The van der Waals surface area contributed by atoms with Crippen molar-refractivity contribution in [2.75, 3.05) is 18.9 Å². The molecular formula is C40H59N11O12S. The Bertz CT molecular complexity index is 1950. The minimum atomic E-state index is -1.71. The Kier molecular flexibility index (Phi) is 22.3. The number of aromatic hydroxyl groups is 2. The highest BCUT2D eigenvalue weighted by Crippen LogP contribution is 2.15. The van der Waals surface area contributed by atoms with Gasteiger partial charge in [-0.1, -0.05) is 38.1 Å². The Labute approximate surface area is 374 Å². The molecule has 7 amide bonds. The third kappa shape index (κ3) is 18.8. The van der Waals surface area contributed by atoms with E-state index in [1.165, 1.54) is 48.5 Å². The van der Waals surface area contributed by atoms with Gasteiger partial charge in [0.05, 0.1) is 12.6 Å². The van der Waals surface area contributed by atoms with Gasteiger partial charge in [-0.3, -0.25) is 38.6 Å². The first-order chi connectivity index (χ1) is 30.1. The van der Waals surface area contributed by atoms with Gasteiger partial charge in [0.1, 0.15) is 47.8 Å². The summed E-state index contributed by atoms with van der Waals surface area (Å²) in [5, 5.41) is 53.5. The molecule has 352 valence electrons. The first-order valence-electron chi connectivity index (χ1n) is 20.1. The number of benzene rings is 2. The van der Waals surface area contributed by atoms with E-state index in [0.29, 0.717) is 11.1 Å². The second-order valence-corrected chi connectivity index (χ2v) is 15.4. The Morgan fingerprint density at radius 2 is 1.05 bits per heavy atom. The summed E-state index contributed by atoms with van der Waals surface area (Å²) >= 11 is 4.00. The van der Waals surface area contributed by atoms with E-state index in [4.69, 9.17) is 22.9 Å². The van der Waals surface area contributed by atoms with Crippen LogP contribution in [0.2, 0.25) is 0 Å². The fourth-order valence-corrected chi connectivity index (χ4v) is 6.06. The highest BCUT2D eigenvalue weighted by molar-refractivity contribution is 7.80. The molecule has 0 bridgehead atoms. The van der Waals surface area contributed by atoms with Crippen molar-refractivity contribution in [3.8, 4) is 11.5 Å². The predicted molar refractivity (Wildman–Crippen MR) is 235 cm³/mol. The molecule has 0 fully saturated rings. The molecule has 18 N–H and O–H groups in total. The maximum atomic E-state index is 14.2. The first-order valence-corrected chi connectivity index (χ1v) is 20.7. The molecule has 2 rings (SSSR count). The topological polar surface area (TPSA) is 406 Å². The summed E-state index contributed by atoms with van der Waals surface area (Å²) in [5.41, 5.74) is 22.8. The molecule has 0 unspecified atom stereocenters. The molecule has 0 aromatic heterocycles. The van der Waals surface area contributed by atoms with Crippen molar-refractivity contribution >= 4 is 65.9 Å². The lowest BCUT2D eigenvalue weighted by Crippen LogP contribution is -2.61. The number of aliphatic carboxylic acids is 1. The number of guanidine groups is 1. The number of aliphatic imine (C=N–C) groups is 1. The molecule has 64 heavy (non-hydrogen) atoms. The summed E-state index contributed by atoms with van der Waals surface area (Å²) in [7, 11) is 0. The number of carboxylic acid groups (broad SMARTS) is 1. The van der Waals surface area contributed by atoms with Crippen LogP contribution in [0.1, 0.15) is 50.7 Å². The summed E-state index contributed by atoms with van der Waals surface area (Å²) < 4.78 is 0. The van der Waals surface area contributed by atoms with E-state index in [1.54, 1.807) is 13.8 Å². The van der Waals surface area contributed by atoms with Crippen LogP contribution in [-0.4, -0.2) is 135 Å². The number of nitrogens with two attached hydrogens (primary N) is 4. The number of nitrogens with one attached hydrogen (secondary N) is 6. The number of phenols is 2. The van der Waals surface area contributed by atoms with Crippen LogP contribution in [0.5, 0.6) is 11.5 Å². The number of hydrogen-bond acceptors (Lipinski definition) is 14. The standard InChI is InChI=1S/C40H59N11O12S/c1-20(2)32(38(61)49-28(16-21-5-9-23(53)10-6-21)36(59)50-30(18-52)39(62)63)51-37(60)29(17-22-7-11-24(54)12-8-22)48-34(57)26(4-3-15-45-40(43)44)47-35(58)27(13-14-31(42)55)46-33(56)25(41)19-64/h5-12,20,25-30,32,52-54,64H,3-4,13-19,41H2,1-2H3,(H2,42,55)(H,46,56)(H,47,58)(H,48,57)(H,49,61)(H,50,59)(H,51,60)(H,62,63)(H4,43,44,45)/t25-,26-,27-,28-,29-,30-,32-/m0/s1. The predicted octanol–water partition coefficient (Wildman–Crippen LogP) is -3.90. The van der Waals surface area contributed by atoms with Gasteiger partial charge < -0.3 is 75.3 Å². The number of primary amides is 1. The number of carboxylic acids is 1. The minimum Gasteiger partial charge on any atom is -0.508 e. The zero-order chi connectivity index (χ0) is 48.1. The van der Waals surface area contributed by atoms with Crippen LogP contribution in [0, 0.1) is 5.92 Å². The zero-order valence-corrected chi connectivity index (χ0v) is 36.3. The maximum Gasteiger partial charge on any atom is 0.328 e. The molecule has 0 aliphatic heterocycles. The van der Waals surface area contributed by atoms with Crippen LogP contribution in [0.25, 0.3) is 0 Å². The smallest absolute Gasteiger partial charge is 0.328 e. The molecule has 7 atom stereocenters. The van der Waals surface area contributed by atoms with Gasteiger partial charge in [0.2, 0.25) is 41.4 Å². The van der Waals surface area contributed by atoms with E-state index in [2.05, 4.69) is 49.5 Å². The van der Waals surface area contributed by atoms with Crippen molar-refractivity contribution in [2.45, 2.75) is 94.7 Å². The van der Waals surface area contributed by atoms with Gasteiger partial charge in [-0.15, -0.1) is 0 Å². The summed E-state index contributed by atoms with van der Waals surface area (Å²) in [6.07, 6.45) is -1.02. The Balaban J connectivity index is 2.50. The molecule has 23 nitrogen and oxygen atoms in total. The fraction of sp³-hybridized carbons (Fsp3) is 0.475. The van der Waals surface area contributed by atoms with E-state index >= 15 is 0 Å². The maximum absolute atomic E-state index is 14.2. The van der Waals surface area contributed by atoms with Gasteiger partial charge in [0.15, 0.2) is 5.96 Å². The second-order valence-electron chi connectivity index (χ2n) is 15.0. The average Bonchev–Trinajstić information content (AvgIpc) is 3.24. The Morgan fingerprint density at radius 1 is 0.625 bits per heavy atom. The molecule has 0 spiro atoms. The van der Waals surface area contributed by atoms with Crippen LogP contribution in [0.15, 0.2) is 53.5 Å². The van der Waals surface area contributed by atoms with Crippen LogP contribution >= 0.6 is 12.6 Å². The summed E-state index contributed by atoms with van der Waals surface area (Å²) in [5.74, 6) is -8.85. The number of aliphatic hydroxyl groups is 1. The van der Waals surface area contributed by atoms with Crippen LogP contribution in [0.3, 0.4) is 0 Å². The van der Waals surface area contributed by atoms with Gasteiger partial charge in [-0.05, 0) is 60.6 Å². The lowest BCUT2D eigenvalue weighted by molar-refractivity contribution is -0.143. The van der Waals surface area contributed by atoms with Crippen LogP contribution in [0.4, 0.5) is 0 Å². The number of carbonyl (C=O) groups excluding carboxylic acids is 7. The monoisotopic (exact) mass is 917 g/mol. The molecule has 0 heterocycles. The van der Waals surface area contributed by atoms with Crippen molar-refractivity contribution in [1.82, 2.24) is 31.9 Å². The second kappa shape index (κ2) is 26.7. The number of rotatable bonds is 27. The van der Waals surface area contributed by atoms with Crippen molar-refractivity contribution in [2.24, 2.45) is 33.8 Å². The van der Waals surface area contributed by atoms with E-state index in [-0.39, 0.29) is 68.3 Å². The average molecular weight is 918 g/mol. The molecule has 0 saturated carbocycles. The Hall–Kier alpha value is -6.66. The van der Waals surface area contributed by atoms with Crippen molar-refractivity contribution in [1.29, 1.82) is 0 Å². The zero-order valence-electron chi connectivity index (χ0n) is 35.4. The lowest BCUT2D eigenvalue weighted by atomic mass is 9.99. The molecular weight excluding hydrogens is 859 g/mol. The van der Waals surface area contributed by atoms with Crippen molar-refractivity contribution in [3.63, 3.8) is 0 Å². The molecule has 2 aromatic carbocycles. The first kappa shape index (κ1) is 53.5. The van der Waals surface area contributed by atoms with E-state index in [1.807, 2.05) is 0 Å². The van der Waals surface area contributed by atoms with Gasteiger partial charge >= 0.3 is 5.97 Å². The Morgan fingerprint density at radius 3 is 1.48 bits per heavy atom. The summed E-state index contributed by atoms with van der Waals surface area (Å²) in [6.45, 7) is 2.22. The molecule has 0 aliphatic rings. The summed E-state index contributed by atoms with van der Waals surface area (Å²) in [4.78, 5) is 109. The number of aliphatic hydroxyl groups excluding tert-OH is 1. The molecule has 0 radical (unpaired) electrons. The van der Waals surface area contributed by atoms with E-state index < -0.39 is 102 Å². The number of thiol groups is 1. The van der Waals surface area contributed by atoms with Crippen LogP contribution < -0.4 is 54.8 Å². The number of phenolic OH excluding ortho intramolecular Hbond substituents is 2. The van der Waals surface area contributed by atoms with Crippen molar-refractivity contribution < 1.29 is 58.8 Å². The largest absolute Gasteiger partial charge is 0.508 e. The molecule has 0 aliphatic carbocycles. The minimum absolute atomic E-state index is 0.0198. The van der Waals surface area contributed by atoms with Gasteiger partial charge in [-0.2, -0.15) is 12.6 Å². The third-order valence-electron chi connectivity index (χ3n) is 9.49. The highest BCUT2D eigenvalue weighted by atomic mass is 32.1. The van der Waals surface area contributed by atoms with Gasteiger partial charge in [0, 0.05) is 31.6 Å². The molecule has 2 aromatic rings. The highest BCUT2D eigenvalue weighted by Gasteiger charge is 2.35. The normalized spacial score (nSPS) is 14.2. The number of amides is 7.